The molecule has 0 radical (unpaired) electrons. The Balaban J connectivity index is 2.68. The number of hydrogen-bond acceptors (Lipinski definition) is 2. The van der Waals surface area contributed by atoms with Gasteiger partial charge in [-0.1, -0.05) is 57.5 Å². The second kappa shape index (κ2) is 7.20. The van der Waals surface area contributed by atoms with Gasteiger partial charge in [-0.05, 0) is 25.5 Å². The number of thioether (sulfide) groups is 1. The summed E-state index contributed by atoms with van der Waals surface area (Å²) in [5.74, 6) is 1.13. The van der Waals surface area contributed by atoms with Crippen molar-refractivity contribution in [1.29, 1.82) is 0 Å². The van der Waals surface area contributed by atoms with E-state index in [1.165, 1.54) is 17.5 Å². The lowest BCUT2D eigenvalue weighted by molar-refractivity contribution is 0.575. The Bertz CT molecular complexity index is 337. The van der Waals surface area contributed by atoms with Gasteiger partial charge in [0.25, 0.3) is 0 Å². The number of nitrogens with one attached hydrogen (secondary N) is 1. The van der Waals surface area contributed by atoms with Crippen molar-refractivity contribution < 1.29 is 0 Å². The van der Waals surface area contributed by atoms with E-state index in [9.17, 15) is 0 Å². The van der Waals surface area contributed by atoms with Crippen LogP contribution in [0, 0.1) is 6.92 Å². The zero-order valence-corrected chi connectivity index (χ0v) is 13.2. The Morgan fingerprint density at radius 3 is 2.28 bits per heavy atom. The van der Waals surface area contributed by atoms with Crippen LogP contribution in [0.5, 0.6) is 0 Å². The van der Waals surface area contributed by atoms with Crippen LogP contribution in [0.25, 0.3) is 0 Å². The van der Waals surface area contributed by atoms with Crippen molar-refractivity contribution in [3.63, 3.8) is 0 Å². The molecule has 1 unspecified atom stereocenters. The molecule has 0 aliphatic rings. The Morgan fingerprint density at radius 2 is 1.78 bits per heavy atom. The largest absolute Gasteiger partial charge is 0.309 e. The summed E-state index contributed by atoms with van der Waals surface area (Å²) < 4.78 is 0.330. The standard InChI is InChI=1S/C16H27NS/c1-6-11-17-15(12-18-16(3,4)5)14-9-7-13(2)8-10-14/h7-10,15,17H,6,11-12H2,1-5H3. The van der Waals surface area contributed by atoms with Gasteiger partial charge >= 0.3 is 0 Å². The zero-order chi connectivity index (χ0) is 13.6. The topological polar surface area (TPSA) is 12.0 Å². The molecule has 0 aromatic heterocycles. The molecule has 2 heteroatoms. The first-order chi connectivity index (χ1) is 8.42. The highest BCUT2D eigenvalue weighted by atomic mass is 32.2. The molecule has 0 aliphatic heterocycles. The fraction of sp³-hybridized carbons (Fsp3) is 0.625. The first-order valence-electron chi connectivity index (χ1n) is 6.86. The number of rotatable bonds is 6. The molecular formula is C16H27NS. The molecule has 1 aromatic rings. The molecule has 0 amide bonds. The Labute approximate surface area is 117 Å². The summed E-state index contributed by atoms with van der Waals surface area (Å²) in [5, 5.41) is 3.66. The fourth-order valence-electron chi connectivity index (χ4n) is 1.72. The lowest BCUT2D eigenvalue weighted by Crippen LogP contribution is -2.26. The lowest BCUT2D eigenvalue weighted by atomic mass is 10.1. The molecule has 0 bridgehead atoms. The van der Waals surface area contributed by atoms with Gasteiger partial charge in [0.1, 0.15) is 0 Å². The van der Waals surface area contributed by atoms with Gasteiger partial charge < -0.3 is 5.32 Å². The zero-order valence-electron chi connectivity index (χ0n) is 12.4. The minimum Gasteiger partial charge on any atom is -0.309 e. The van der Waals surface area contributed by atoms with Crippen molar-refractivity contribution in [1.82, 2.24) is 5.32 Å². The summed E-state index contributed by atoms with van der Waals surface area (Å²) in [7, 11) is 0. The van der Waals surface area contributed by atoms with E-state index in [1.54, 1.807) is 0 Å². The maximum atomic E-state index is 3.66. The smallest absolute Gasteiger partial charge is 0.0412 e. The first-order valence-corrected chi connectivity index (χ1v) is 7.85. The van der Waals surface area contributed by atoms with Crippen LogP contribution in [0.3, 0.4) is 0 Å². The number of hydrogen-bond donors (Lipinski definition) is 1. The molecule has 0 aliphatic carbocycles. The van der Waals surface area contributed by atoms with E-state index in [-0.39, 0.29) is 0 Å². The van der Waals surface area contributed by atoms with Crippen molar-refractivity contribution in [2.24, 2.45) is 0 Å². The first kappa shape index (κ1) is 15.6. The minimum absolute atomic E-state index is 0.330. The van der Waals surface area contributed by atoms with E-state index in [0.29, 0.717) is 10.8 Å². The third-order valence-electron chi connectivity index (χ3n) is 2.80. The van der Waals surface area contributed by atoms with Gasteiger partial charge in [0.05, 0.1) is 0 Å². The van der Waals surface area contributed by atoms with E-state index in [1.807, 2.05) is 11.8 Å². The van der Waals surface area contributed by atoms with Crippen LogP contribution in [0.15, 0.2) is 24.3 Å². The van der Waals surface area contributed by atoms with Crippen molar-refractivity contribution in [3.05, 3.63) is 35.4 Å². The molecule has 0 heterocycles. The molecule has 0 fully saturated rings. The van der Waals surface area contributed by atoms with Gasteiger partial charge in [0.15, 0.2) is 0 Å². The molecule has 1 nitrogen and oxygen atoms in total. The highest BCUT2D eigenvalue weighted by Gasteiger charge is 2.16. The average Bonchev–Trinajstić information content (AvgIpc) is 2.29. The van der Waals surface area contributed by atoms with Crippen LogP contribution in [-0.2, 0) is 0 Å². The molecule has 102 valence electrons. The maximum absolute atomic E-state index is 3.66. The third-order valence-corrected chi connectivity index (χ3v) is 4.17. The minimum atomic E-state index is 0.330. The molecule has 1 atom stereocenters. The SMILES string of the molecule is CCCNC(CSC(C)(C)C)c1ccc(C)cc1. The van der Waals surface area contributed by atoms with Gasteiger partial charge in [-0.15, -0.1) is 0 Å². The van der Waals surface area contributed by atoms with Crippen LogP contribution in [0.1, 0.15) is 51.3 Å². The number of aryl methyl sites for hydroxylation is 1. The van der Waals surface area contributed by atoms with Crippen molar-refractivity contribution >= 4 is 11.8 Å². The monoisotopic (exact) mass is 265 g/mol. The van der Waals surface area contributed by atoms with Gasteiger partial charge in [0, 0.05) is 16.5 Å². The van der Waals surface area contributed by atoms with E-state index < -0.39 is 0 Å². The molecule has 1 rings (SSSR count). The molecule has 0 saturated heterocycles. The average molecular weight is 265 g/mol. The molecule has 0 saturated carbocycles. The summed E-state index contributed by atoms with van der Waals surface area (Å²) in [4.78, 5) is 0. The maximum Gasteiger partial charge on any atom is 0.0412 e. The van der Waals surface area contributed by atoms with Gasteiger partial charge in [-0.3, -0.25) is 0 Å². The van der Waals surface area contributed by atoms with Crippen LogP contribution in [-0.4, -0.2) is 17.0 Å². The van der Waals surface area contributed by atoms with Crippen molar-refractivity contribution in [2.75, 3.05) is 12.3 Å². The molecule has 1 N–H and O–H groups in total. The highest BCUT2D eigenvalue weighted by molar-refractivity contribution is 8.00. The summed E-state index contributed by atoms with van der Waals surface area (Å²) in [6, 6.07) is 9.39. The van der Waals surface area contributed by atoms with Crippen LogP contribution in [0.2, 0.25) is 0 Å². The molecule has 18 heavy (non-hydrogen) atoms. The predicted octanol–water partition coefficient (Wildman–Crippen LogP) is 4.57. The quantitative estimate of drug-likeness (QED) is 0.809. The van der Waals surface area contributed by atoms with Crippen molar-refractivity contribution in [3.8, 4) is 0 Å². The number of benzene rings is 1. The lowest BCUT2D eigenvalue weighted by Gasteiger charge is -2.24. The van der Waals surface area contributed by atoms with Gasteiger partial charge in [0.2, 0.25) is 0 Å². The van der Waals surface area contributed by atoms with E-state index in [4.69, 9.17) is 0 Å². The van der Waals surface area contributed by atoms with E-state index >= 15 is 0 Å². The van der Waals surface area contributed by atoms with Crippen LogP contribution >= 0.6 is 11.8 Å². The predicted molar refractivity (Wildman–Crippen MR) is 84.4 cm³/mol. The van der Waals surface area contributed by atoms with E-state index in [2.05, 4.69) is 64.2 Å². The molecular weight excluding hydrogens is 238 g/mol. The Kier molecular flexibility index (Phi) is 6.24. The molecule has 0 spiro atoms. The van der Waals surface area contributed by atoms with Crippen molar-refractivity contribution in [2.45, 2.75) is 51.8 Å². The third kappa shape index (κ3) is 5.92. The Hall–Kier alpha value is -0.470. The summed E-state index contributed by atoms with van der Waals surface area (Å²) in [5.41, 5.74) is 2.74. The Morgan fingerprint density at radius 1 is 1.17 bits per heavy atom. The summed E-state index contributed by atoms with van der Waals surface area (Å²) in [6.45, 7) is 12.3. The van der Waals surface area contributed by atoms with Crippen LogP contribution in [0.4, 0.5) is 0 Å². The normalized spacial score (nSPS) is 13.6. The molecule has 1 aromatic carbocycles. The second-order valence-electron chi connectivity index (χ2n) is 5.84. The van der Waals surface area contributed by atoms with Crippen LogP contribution < -0.4 is 5.32 Å². The second-order valence-corrected chi connectivity index (χ2v) is 7.69. The van der Waals surface area contributed by atoms with E-state index in [0.717, 1.165) is 12.3 Å². The fourth-order valence-corrected chi connectivity index (χ4v) is 2.70. The summed E-state index contributed by atoms with van der Waals surface area (Å²) in [6.07, 6.45) is 1.18. The van der Waals surface area contributed by atoms with Gasteiger partial charge in [-0.25, -0.2) is 0 Å². The highest BCUT2D eigenvalue weighted by Crippen LogP contribution is 2.28. The van der Waals surface area contributed by atoms with Gasteiger partial charge in [-0.2, -0.15) is 11.8 Å². The summed E-state index contributed by atoms with van der Waals surface area (Å²) >= 11 is 2.03.